The Bertz CT molecular complexity index is 792. The van der Waals surface area contributed by atoms with Crippen molar-refractivity contribution in [2.75, 3.05) is 26.7 Å². The molecule has 6 nitrogen and oxygen atoms in total. The van der Waals surface area contributed by atoms with E-state index in [2.05, 4.69) is 7.05 Å². The van der Waals surface area contributed by atoms with Crippen LogP contribution in [0.5, 0.6) is 0 Å². The maximum atomic E-state index is 12.6. The Morgan fingerprint density at radius 3 is 2.44 bits per heavy atom. The molecule has 2 aromatic carbocycles. The first-order valence-corrected chi connectivity index (χ1v) is 8.81. The molecule has 0 aromatic heterocycles. The van der Waals surface area contributed by atoms with Gasteiger partial charge in [0.15, 0.2) is 6.10 Å². The lowest BCUT2D eigenvalue weighted by Gasteiger charge is -2.33. The van der Waals surface area contributed by atoms with E-state index in [4.69, 9.17) is 4.74 Å². The van der Waals surface area contributed by atoms with Crippen molar-refractivity contribution < 1.29 is 42.9 Å². The number of halogens is 1. The number of ether oxygens (including phenoxy) is 1. The van der Waals surface area contributed by atoms with Gasteiger partial charge >= 0.3 is 5.97 Å². The van der Waals surface area contributed by atoms with Gasteiger partial charge in [-0.15, -0.1) is 0 Å². The smallest absolute Gasteiger partial charge is 0.339 e. The van der Waals surface area contributed by atoms with Crippen LogP contribution in [0.2, 0.25) is 0 Å². The molecule has 0 saturated carbocycles. The molecule has 1 saturated heterocycles. The summed E-state index contributed by atoms with van der Waals surface area (Å²) in [5.41, 5.74) is 1.02. The highest BCUT2D eigenvalue weighted by molar-refractivity contribution is 5.90. The van der Waals surface area contributed by atoms with E-state index < -0.39 is 10.9 Å². The van der Waals surface area contributed by atoms with Crippen molar-refractivity contribution in [1.29, 1.82) is 0 Å². The summed E-state index contributed by atoms with van der Waals surface area (Å²) in [6.07, 6.45) is 1.97. The second-order valence-corrected chi connectivity index (χ2v) is 7.07. The fraction of sp³-hybridized carbons (Fsp3) is 0.350. The zero-order valence-electron chi connectivity index (χ0n) is 15.2. The lowest BCUT2D eigenvalue weighted by Crippen LogP contribution is -3.00. The average Bonchev–Trinajstić information content (AvgIpc) is 3.08. The zero-order valence-corrected chi connectivity index (χ0v) is 17.4. The van der Waals surface area contributed by atoms with E-state index in [-0.39, 0.29) is 41.3 Å². The minimum Gasteiger partial charge on any atom is -1.00 e. The van der Waals surface area contributed by atoms with Crippen LogP contribution in [0, 0.1) is 10.1 Å². The predicted molar refractivity (Wildman–Crippen MR) is 97.7 cm³/mol. The fourth-order valence-corrected chi connectivity index (χ4v) is 3.50. The maximum absolute atomic E-state index is 12.6. The average molecular weight is 482 g/mol. The summed E-state index contributed by atoms with van der Waals surface area (Å²) < 4.78 is 6.67. The minimum absolute atomic E-state index is 0. The molecular formula is C20H23IN2O4. The first-order valence-electron chi connectivity index (χ1n) is 8.81. The topological polar surface area (TPSA) is 69.4 Å². The summed E-state index contributed by atoms with van der Waals surface area (Å²) >= 11 is 0. The number of quaternary nitrogens is 1. The molecule has 1 aliphatic heterocycles. The first-order chi connectivity index (χ1) is 12.5. The molecule has 0 N–H and O–H groups in total. The first kappa shape index (κ1) is 21.3. The third-order valence-corrected chi connectivity index (χ3v) is 4.97. The summed E-state index contributed by atoms with van der Waals surface area (Å²) in [7, 11) is 2.18. The Balaban J connectivity index is 0.00000261. The number of hydrogen-bond acceptors (Lipinski definition) is 4. The third kappa shape index (κ3) is 5.49. The molecule has 3 rings (SSSR count). The SMILES string of the molecule is C[N+]1(CC(OC(=O)c2cccc([N+](=O)[O-])c2)c2ccccc2)CCCC1.[I-]. The van der Waals surface area contributed by atoms with Gasteiger partial charge in [-0.25, -0.2) is 4.79 Å². The molecule has 144 valence electrons. The van der Waals surface area contributed by atoms with Gasteiger partial charge in [0, 0.05) is 25.0 Å². The number of esters is 1. The number of non-ortho nitro benzene ring substituents is 1. The minimum atomic E-state index is -0.534. The molecule has 27 heavy (non-hydrogen) atoms. The zero-order chi connectivity index (χ0) is 18.6. The van der Waals surface area contributed by atoms with Crippen molar-refractivity contribution in [2.45, 2.75) is 18.9 Å². The number of carbonyl (C=O) groups excluding carboxylic acids is 1. The third-order valence-electron chi connectivity index (χ3n) is 4.97. The number of likely N-dealkylation sites (tertiary alicyclic amines) is 1. The number of likely N-dealkylation sites (N-methyl/N-ethyl adjacent to an activating group) is 1. The van der Waals surface area contributed by atoms with Crippen molar-refractivity contribution in [2.24, 2.45) is 0 Å². The highest BCUT2D eigenvalue weighted by Crippen LogP contribution is 2.27. The van der Waals surface area contributed by atoms with Crippen LogP contribution < -0.4 is 24.0 Å². The normalized spacial score (nSPS) is 16.2. The van der Waals surface area contributed by atoms with Crippen LogP contribution in [-0.4, -0.2) is 42.1 Å². The number of nitrogens with zero attached hydrogens (tertiary/aromatic N) is 2. The van der Waals surface area contributed by atoms with E-state index in [0.29, 0.717) is 6.54 Å². The Hall–Kier alpha value is -2.00. The van der Waals surface area contributed by atoms with Crippen LogP contribution in [0.25, 0.3) is 0 Å². The molecule has 0 bridgehead atoms. The van der Waals surface area contributed by atoms with E-state index in [0.717, 1.165) is 23.1 Å². The van der Waals surface area contributed by atoms with Gasteiger partial charge < -0.3 is 33.2 Å². The van der Waals surface area contributed by atoms with Crippen LogP contribution in [0.4, 0.5) is 5.69 Å². The van der Waals surface area contributed by atoms with Crippen LogP contribution in [0.15, 0.2) is 54.6 Å². The second-order valence-electron chi connectivity index (χ2n) is 7.07. The lowest BCUT2D eigenvalue weighted by molar-refractivity contribution is -0.901. The van der Waals surface area contributed by atoms with E-state index in [1.807, 2.05) is 30.3 Å². The van der Waals surface area contributed by atoms with Gasteiger partial charge in [-0.3, -0.25) is 10.1 Å². The van der Waals surface area contributed by atoms with Gasteiger partial charge in [0.25, 0.3) is 5.69 Å². The molecule has 1 heterocycles. The largest absolute Gasteiger partial charge is 1.00 e. The molecule has 1 unspecified atom stereocenters. The van der Waals surface area contributed by atoms with Crippen LogP contribution >= 0.6 is 0 Å². The molecule has 7 heteroatoms. The number of hydrogen-bond donors (Lipinski definition) is 0. The summed E-state index contributed by atoms with van der Waals surface area (Å²) in [6, 6.07) is 15.3. The van der Waals surface area contributed by atoms with E-state index >= 15 is 0 Å². The summed E-state index contributed by atoms with van der Waals surface area (Å²) in [5, 5.41) is 10.9. The summed E-state index contributed by atoms with van der Waals surface area (Å²) in [6.45, 7) is 2.83. The predicted octanol–water partition coefficient (Wildman–Crippen LogP) is 0.737. The lowest BCUT2D eigenvalue weighted by atomic mass is 10.1. The number of benzene rings is 2. The van der Waals surface area contributed by atoms with Gasteiger partial charge in [0.2, 0.25) is 0 Å². The molecule has 1 fully saturated rings. The van der Waals surface area contributed by atoms with Crippen LogP contribution in [0.3, 0.4) is 0 Å². The Morgan fingerprint density at radius 2 is 1.81 bits per heavy atom. The standard InChI is InChI=1S/C20H23N2O4.HI/c1-22(12-5-6-13-22)15-19(16-8-3-2-4-9-16)26-20(23)17-10-7-11-18(14-17)21(24)25;/h2-4,7-11,14,19H,5-6,12-13,15H2,1H3;1H/q+1;/p-1. The monoisotopic (exact) mass is 482 g/mol. The van der Waals surface area contributed by atoms with Crippen molar-refractivity contribution in [1.82, 2.24) is 0 Å². The molecule has 0 radical (unpaired) electrons. The van der Waals surface area contributed by atoms with Crippen molar-refractivity contribution >= 4 is 11.7 Å². The second kappa shape index (κ2) is 9.27. The quantitative estimate of drug-likeness (QED) is 0.200. The molecule has 0 spiro atoms. The number of rotatable bonds is 6. The van der Waals surface area contributed by atoms with Gasteiger partial charge in [0.05, 0.1) is 30.6 Å². The van der Waals surface area contributed by atoms with Crippen molar-refractivity contribution in [3.63, 3.8) is 0 Å². The van der Waals surface area contributed by atoms with Gasteiger partial charge in [0.1, 0.15) is 6.54 Å². The van der Waals surface area contributed by atoms with Gasteiger partial charge in [-0.1, -0.05) is 36.4 Å². The van der Waals surface area contributed by atoms with Gasteiger partial charge in [-0.2, -0.15) is 0 Å². The van der Waals surface area contributed by atoms with E-state index in [1.165, 1.54) is 31.0 Å². The van der Waals surface area contributed by atoms with E-state index in [9.17, 15) is 14.9 Å². The molecule has 2 aromatic rings. The molecule has 1 atom stereocenters. The molecule has 0 amide bonds. The summed E-state index contributed by atoms with van der Waals surface area (Å²) in [4.78, 5) is 23.1. The van der Waals surface area contributed by atoms with Gasteiger partial charge in [-0.05, 0) is 11.6 Å². The molecular weight excluding hydrogens is 459 g/mol. The molecule has 1 aliphatic rings. The fourth-order valence-electron chi connectivity index (χ4n) is 3.50. The van der Waals surface area contributed by atoms with E-state index in [1.54, 1.807) is 6.07 Å². The summed E-state index contributed by atoms with van der Waals surface area (Å²) in [5.74, 6) is -0.534. The van der Waals surface area contributed by atoms with Crippen LogP contribution in [-0.2, 0) is 4.74 Å². The number of nitro groups is 1. The maximum Gasteiger partial charge on any atom is 0.339 e. The molecule has 0 aliphatic carbocycles. The highest BCUT2D eigenvalue weighted by atomic mass is 127. The number of nitro benzene ring substituents is 1. The Kier molecular flexibility index (Phi) is 7.32. The van der Waals surface area contributed by atoms with Crippen molar-refractivity contribution in [3.05, 3.63) is 75.8 Å². The van der Waals surface area contributed by atoms with Crippen molar-refractivity contribution in [3.8, 4) is 0 Å². The number of carbonyl (C=O) groups is 1. The highest BCUT2D eigenvalue weighted by Gasteiger charge is 2.33. The van der Waals surface area contributed by atoms with Crippen LogP contribution in [0.1, 0.15) is 34.9 Å². The Morgan fingerprint density at radius 1 is 1.15 bits per heavy atom. The Labute approximate surface area is 175 Å².